The van der Waals surface area contributed by atoms with Crippen molar-refractivity contribution in [2.75, 3.05) is 6.54 Å². The van der Waals surface area contributed by atoms with Gasteiger partial charge in [0.05, 0.1) is 18.3 Å². The second kappa shape index (κ2) is 6.00. The summed E-state index contributed by atoms with van der Waals surface area (Å²) in [7, 11) is 0. The second-order valence-corrected chi connectivity index (χ2v) is 6.28. The number of hydrogen-bond donors (Lipinski definition) is 2. The van der Waals surface area contributed by atoms with Gasteiger partial charge in [0.2, 0.25) is 0 Å². The number of aromatic nitrogens is 3. The van der Waals surface area contributed by atoms with Gasteiger partial charge < -0.3 is 10.0 Å². The first-order chi connectivity index (χ1) is 10.6. The topological polar surface area (TPSA) is 71.2 Å². The van der Waals surface area contributed by atoms with Crippen molar-refractivity contribution in [2.24, 2.45) is 0 Å². The van der Waals surface area contributed by atoms with Gasteiger partial charge in [-0.2, -0.15) is 12.6 Å². The lowest BCUT2D eigenvalue weighted by Gasteiger charge is -2.21. The molecule has 1 fully saturated rings. The van der Waals surface area contributed by atoms with E-state index in [0.717, 1.165) is 23.4 Å². The van der Waals surface area contributed by atoms with Crippen LogP contribution in [0.3, 0.4) is 0 Å². The van der Waals surface area contributed by atoms with Gasteiger partial charge in [0.15, 0.2) is 0 Å². The number of hydrogen-bond acceptors (Lipinski definition) is 4. The number of rotatable bonds is 3. The summed E-state index contributed by atoms with van der Waals surface area (Å²) in [5.74, 6) is 0. The largest absolute Gasteiger partial charge is 0.465 e. The van der Waals surface area contributed by atoms with Crippen molar-refractivity contribution < 1.29 is 9.90 Å². The average Bonchev–Trinajstić information content (AvgIpc) is 3.04. The molecule has 1 N–H and O–H groups in total. The Bertz CT molecular complexity index is 673. The van der Waals surface area contributed by atoms with Gasteiger partial charge in [-0.3, -0.25) is 0 Å². The number of thiol groups is 1. The van der Waals surface area contributed by atoms with E-state index in [9.17, 15) is 9.90 Å². The van der Waals surface area contributed by atoms with E-state index >= 15 is 0 Å². The van der Waals surface area contributed by atoms with Gasteiger partial charge in [0.1, 0.15) is 5.69 Å². The number of nitrogens with zero attached hydrogens (tertiary/aromatic N) is 4. The molecule has 1 aliphatic rings. The first-order valence-corrected chi connectivity index (χ1v) is 7.71. The van der Waals surface area contributed by atoms with Gasteiger partial charge >= 0.3 is 6.09 Å². The Balaban J connectivity index is 1.82. The fourth-order valence-corrected chi connectivity index (χ4v) is 3.31. The highest BCUT2D eigenvalue weighted by molar-refractivity contribution is 7.81. The normalized spacial score (nSPS) is 21.3. The molecule has 0 aliphatic carbocycles. The molecule has 0 unspecified atom stereocenters. The van der Waals surface area contributed by atoms with Crippen LogP contribution in [0.5, 0.6) is 0 Å². The van der Waals surface area contributed by atoms with Gasteiger partial charge in [0.25, 0.3) is 0 Å². The lowest BCUT2D eigenvalue weighted by atomic mass is 10.1. The molecule has 22 heavy (non-hydrogen) atoms. The summed E-state index contributed by atoms with van der Waals surface area (Å²) in [6, 6.07) is 9.75. The first kappa shape index (κ1) is 14.9. The van der Waals surface area contributed by atoms with Crippen LogP contribution in [0.25, 0.3) is 11.3 Å². The lowest BCUT2D eigenvalue weighted by Crippen LogP contribution is -2.37. The molecule has 1 saturated heterocycles. The Hall–Kier alpha value is -2.02. The molecule has 1 amide bonds. The minimum atomic E-state index is -0.900. The molecule has 116 valence electrons. The van der Waals surface area contributed by atoms with E-state index in [-0.39, 0.29) is 11.3 Å². The molecule has 3 rings (SSSR count). The Kier molecular flexibility index (Phi) is 4.06. The lowest BCUT2D eigenvalue weighted by molar-refractivity contribution is 0.135. The first-order valence-electron chi connectivity index (χ1n) is 7.19. The molecule has 0 spiro atoms. The number of carbonyl (C=O) groups is 1. The monoisotopic (exact) mass is 318 g/mol. The predicted molar refractivity (Wildman–Crippen MR) is 86.1 cm³/mol. The smallest absolute Gasteiger partial charge is 0.407 e. The summed E-state index contributed by atoms with van der Waals surface area (Å²) in [6.07, 6.45) is -0.169. The van der Waals surface area contributed by atoms with E-state index < -0.39 is 6.09 Å². The van der Waals surface area contributed by atoms with Crippen LogP contribution in [-0.2, 0) is 6.54 Å². The van der Waals surface area contributed by atoms with Crippen molar-refractivity contribution in [1.29, 1.82) is 0 Å². The maximum Gasteiger partial charge on any atom is 0.407 e. The van der Waals surface area contributed by atoms with E-state index in [0.29, 0.717) is 13.1 Å². The Morgan fingerprint density at radius 1 is 1.41 bits per heavy atom. The number of likely N-dealkylation sites (tertiary alicyclic amines) is 1. The molecule has 0 saturated carbocycles. The molecule has 2 aromatic rings. The molecule has 1 aromatic heterocycles. The molecular formula is C15H18N4O2S. The summed E-state index contributed by atoms with van der Waals surface area (Å²) in [5.41, 5.74) is 2.79. The van der Waals surface area contributed by atoms with Crippen LogP contribution >= 0.6 is 12.6 Å². The van der Waals surface area contributed by atoms with Crippen LogP contribution in [0.2, 0.25) is 0 Å². The third kappa shape index (κ3) is 2.81. The van der Waals surface area contributed by atoms with Crippen molar-refractivity contribution in [3.05, 3.63) is 36.0 Å². The van der Waals surface area contributed by atoms with E-state index in [4.69, 9.17) is 0 Å². The van der Waals surface area contributed by atoms with E-state index in [1.165, 1.54) is 4.90 Å². The number of benzene rings is 1. The van der Waals surface area contributed by atoms with Crippen LogP contribution in [0, 0.1) is 6.92 Å². The summed E-state index contributed by atoms with van der Waals surface area (Å²) < 4.78 is 1.79. The molecule has 0 bridgehead atoms. The molecule has 2 atom stereocenters. The highest BCUT2D eigenvalue weighted by atomic mass is 32.1. The van der Waals surface area contributed by atoms with Gasteiger partial charge in [-0.15, -0.1) is 5.10 Å². The highest BCUT2D eigenvalue weighted by Crippen LogP contribution is 2.25. The Morgan fingerprint density at radius 3 is 2.82 bits per heavy atom. The summed E-state index contributed by atoms with van der Waals surface area (Å²) in [6.45, 7) is 2.93. The molecule has 2 heterocycles. The third-order valence-electron chi connectivity index (χ3n) is 4.05. The molecule has 6 nitrogen and oxygen atoms in total. The van der Waals surface area contributed by atoms with E-state index in [1.807, 2.05) is 37.3 Å². The third-order valence-corrected chi connectivity index (χ3v) is 4.43. The molecule has 0 radical (unpaired) electrons. The van der Waals surface area contributed by atoms with Crippen LogP contribution < -0.4 is 0 Å². The fourth-order valence-electron chi connectivity index (χ4n) is 2.90. The standard InChI is InChI=1S/C15H18N4O2S/c1-10-14(11-5-3-2-4-6-11)16-17-19(10)8-12-7-13(22)9-18(12)15(20)21/h2-6,12-13,22H,7-9H2,1H3,(H,20,21)/t12-,13+/m0/s1. The quantitative estimate of drug-likeness (QED) is 0.852. The van der Waals surface area contributed by atoms with Crippen LogP contribution in [0.15, 0.2) is 30.3 Å². The van der Waals surface area contributed by atoms with Gasteiger partial charge in [-0.25, -0.2) is 9.48 Å². The summed E-state index contributed by atoms with van der Waals surface area (Å²) in [4.78, 5) is 12.8. The number of carboxylic acid groups (broad SMARTS) is 1. The summed E-state index contributed by atoms with van der Waals surface area (Å²) >= 11 is 4.41. The Morgan fingerprint density at radius 2 is 2.14 bits per heavy atom. The van der Waals surface area contributed by atoms with Crippen LogP contribution in [0.4, 0.5) is 4.79 Å². The second-order valence-electron chi connectivity index (χ2n) is 5.55. The van der Waals surface area contributed by atoms with Crippen LogP contribution in [0.1, 0.15) is 12.1 Å². The zero-order valence-corrected chi connectivity index (χ0v) is 13.1. The van der Waals surface area contributed by atoms with Crippen molar-refractivity contribution in [3.8, 4) is 11.3 Å². The molecule has 1 aliphatic heterocycles. The number of amides is 1. The van der Waals surface area contributed by atoms with Gasteiger partial charge in [0, 0.05) is 17.4 Å². The van der Waals surface area contributed by atoms with Gasteiger partial charge in [-0.1, -0.05) is 35.5 Å². The zero-order chi connectivity index (χ0) is 15.7. The predicted octanol–water partition coefficient (Wildman–Crippen LogP) is 2.30. The average molecular weight is 318 g/mol. The maximum absolute atomic E-state index is 11.3. The van der Waals surface area contributed by atoms with Crippen molar-refractivity contribution in [3.63, 3.8) is 0 Å². The maximum atomic E-state index is 11.3. The fraction of sp³-hybridized carbons (Fsp3) is 0.400. The SMILES string of the molecule is Cc1c(-c2ccccc2)nnn1C[C@@H]1C[C@@H](S)CN1C(=O)O. The van der Waals surface area contributed by atoms with Crippen molar-refractivity contribution >= 4 is 18.7 Å². The minimum absolute atomic E-state index is 0.0820. The van der Waals surface area contributed by atoms with Crippen LogP contribution in [-0.4, -0.2) is 48.9 Å². The van der Waals surface area contributed by atoms with E-state index in [2.05, 4.69) is 22.9 Å². The van der Waals surface area contributed by atoms with Crippen molar-refractivity contribution in [2.45, 2.75) is 31.2 Å². The highest BCUT2D eigenvalue weighted by Gasteiger charge is 2.34. The molecule has 1 aromatic carbocycles. The molecular weight excluding hydrogens is 300 g/mol. The summed E-state index contributed by atoms with van der Waals surface area (Å²) in [5, 5.41) is 17.8. The Labute approximate surface area is 134 Å². The van der Waals surface area contributed by atoms with Gasteiger partial charge in [-0.05, 0) is 13.3 Å². The minimum Gasteiger partial charge on any atom is -0.465 e. The van der Waals surface area contributed by atoms with E-state index in [1.54, 1.807) is 4.68 Å². The van der Waals surface area contributed by atoms with Crippen molar-refractivity contribution in [1.82, 2.24) is 19.9 Å². The molecule has 7 heteroatoms. The zero-order valence-electron chi connectivity index (χ0n) is 12.3.